The van der Waals surface area contributed by atoms with Gasteiger partial charge in [0.05, 0.1) is 5.52 Å². The molecule has 0 radical (unpaired) electrons. The van der Waals surface area contributed by atoms with Gasteiger partial charge in [-0.05, 0) is 50.2 Å². The quantitative estimate of drug-likeness (QED) is 0.594. The number of pyridine rings is 1. The van der Waals surface area contributed by atoms with Gasteiger partial charge in [0.1, 0.15) is 0 Å². The van der Waals surface area contributed by atoms with E-state index in [1.54, 1.807) is 0 Å². The molecule has 148 valence electrons. The molecular formula is C23H34ClN3. The molecule has 4 heteroatoms. The van der Waals surface area contributed by atoms with Crippen LogP contribution >= 0.6 is 12.4 Å². The molecule has 1 saturated heterocycles. The molecule has 1 unspecified atom stereocenters. The zero-order valence-corrected chi connectivity index (χ0v) is 17.7. The van der Waals surface area contributed by atoms with Crippen LogP contribution in [0.15, 0.2) is 24.9 Å². The maximum atomic E-state index is 4.88. The largest absolute Gasteiger partial charge is 0.355 e. The number of fused-ring (bicyclic) bond motifs is 1. The number of nitrogens with zero attached hydrogens (tertiary/aromatic N) is 3. The molecule has 4 rings (SSSR count). The molecule has 0 bridgehead atoms. The Morgan fingerprint density at radius 2 is 1.85 bits per heavy atom. The zero-order valence-electron chi connectivity index (χ0n) is 16.9. The predicted molar refractivity (Wildman–Crippen MR) is 118 cm³/mol. The second-order valence-electron chi connectivity index (χ2n) is 8.39. The van der Waals surface area contributed by atoms with Crippen LogP contribution in [0.4, 0.5) is 5.82 Å². The Morgan fingerprint density at radius 3 is 2.59 bits per heavy atom. The van der Waals surface area contributed by atoms with Crippen molar-refractivity contribution in [2.75, 3.05) is 18.0 Å². The summed E-state index contributed by atoms with van der Waals surface area (Å²) in [6, 6.07) is 2.18. The van der Waals surface area contributed by atoms with Crippen LogP contribution in [0.5, 0.6) is 0 Å². The lowest BCUT2D eigenvalue weighted by Crippen LogP contribution is -2.39. The van der Waals surface area contributed by atoms with E-state index in [4.69, 9.17) is 4.98 Å². The van der Waals surface area contributed by atoms with Crippen molar-refractivity contribution in [1.82, 2.24) is 9.55 Å². The van der Waals surface area contributed by atoms with Crippen molar-refractivity contribution in [2.45, 2.75) is 65.3 Å². The van der Waals surface area contributed by atoms with E-state index in [0.717, 1.165) is 24.9 Å². The molecule has 0 N–H and O–H groups in total. The third kappa shape index (κ3) is 3.76. The minimum Gasteiger partial charge on any atom is -0.355 e. The van der Waals surface area contributed by atoms with E-state index in [9.17, 15) is 0 Å². The second kappa shape index (κ2) is 8.68. The summed E-state index contributed by atoms with van der Waals surface area (Å²) >= 11 is 0. The minimum absolute atomic E-state index is 0. The minimum atomic E-state index is 0. The molecule has 0 spiro atoms. The van der Waals surface area contributed by atoms with Crippen molar-refractivity contribution in [1.29, 1.82) is 0 Å². The van der Waals surface area contributed by atoms with Crippen LogP contribution in [0.3, 0.4) is 0 Å². The number of hydrogen-bond donors (Lipinski definition) is 0. The number of piperidine rings is 1. The van der Waals surface area contributed by atoms with Crippen molar-refractivity contribution >= 4 is 29.1 Å². The lowest BCUT2D eigenvalue weighted by atomic mass is 9.76. The third-order valence-corrected chi connectivity index (χ3v) is 6.91. The summed E-state index contributed by atoms with van der Waals surface area (Å²) in [6.07, 6.45) is 13.9. The van der Waals surface area contributed by atoms with Gasteiger partial charge >= 0.3 is 0 Å². The second-order valence-corrected chi connectivity index (χ2v) is 8.39. The normalized spacial score (nSPS) is 21.3. The van der Waals surface area contributed by atoms with Crippen molar-refractivity contribution < 1.29 is 0 Å². The van der Waals surface area contributed by atoms with Gasteiger partial charge in [-0.3, -0.25) is 0 Å². The summed E-state index contributed by atoms with van der Waals surface area (Å²) in [5, 5.41) is 1.36. The van der Waals surface area contributed by atoms with E-state index in [1.807, 2.05) is 12.3 Å². The number of halogens is 1. The summed E-state index contributed by atoms with van der Waals surface area (Å²) in [5.74, 6) is 2.99. The fourth-order valence-corrected chi connectivity index (χ4v) is 5.36. The average molecular weight is 388 g/mol. The van der Waals surface area contributed by atoms with E-state index in [0.29, 0.717) is 0 Å². The fraction of sp³-hybridized carbons (Fsp3) is 0.609. The highest BCUT2D eigenvalue weighted by Crippen LogP contribution is 2.38. The van der Waals surface area contributed by atoms with Gasteiger partial charge < -0.3 is 9.47 Å². The highest BCUT2D eigenvalue weighted by Gasteiger charge is 2.30. The molecular weight excluding hydrogens is 354 g/mol. The van der Waals surface area contributed by atoms with E-state index in [2.05, 4.69) is 36.0 Å². The number of aryl methyl sites for hydroxylation is 1. The van der Waals surface area contributed by atoms with Crippen LogP contribution < -0.4 is 4.90 Å². The molecule has 1 aliphatic carbocycles. The SMILES string of the molecule is C=CCn1c(C)c(C)c2ccnc(N3CCCC(C4CCCCC4)C3)c21.Cl. The Hall–Kier alpha value is -1.48. The van der Waals surface area contributed by atoms with Gasteiger partial charge in [0.2, 0.25) is 0 Å². The molecule has 0 aromatic carbocycles. The van der Waals surface area contributed by atoms with E-state index < -0.39 is 0 Å². The van der Waals surface area contributed by atoms with Crippen LogP contribution in [-0.2, 0) is 6.54 Å². The first kappa shape index (κ1) is 20.3. The highest BCUT2D eigenvalue weighted by atomic mass is 35.5. The summed E-state index contributed by atoms with van der Waals surface area (Å²) in [6.45, 7) is 11.6. The smallest absolute Gasteiger partial charge is 0.153 e. The van der Waals surface area contributed by atoms with Crippen molar-refractivity contribution in [3.63, 3.8) is 0 Å². The van der Waals surface area contributed by atoms with Gasteiger partial charge in [0.15, 0.2) is 5.82 Å². The number of hydrogen-bond acceptors (Lipinski definition) is 2. The number of rotatable bonds is 4. The molecule has 0 amide bonds. The molecule has 1 atom stereocenters. The standard InChI is InChI=1S/C23H33N3.ClH/c1-4-14-26-18(3)17(2)21-12-13-24-23(22(21)26)25-15-8-11-20(16-25)19-9-6-5-7-10-19;/h4,12-13,19-20H,1,5-11,14-16H2,2-3H3;1H. The third-order valence-electron chi connectivity index (χ3n) is 6.91. The molecule has 27 heavy (non-hydrogen) atoms. The Labute approximate surface area is 170 Å². The Bertz CT molecular complexity index is 789. The molecule has 2 aromatic rings. The maximum Gasteiger partial charge on any atom is 0.153 e. The molecule has 1 saturated carbocycles. The molecule has 2 aliphatic rings. The molecule has 2 fully saturated rings. The average Bonchev–Trinajstić information content (AvgIpc) is 2.94. The summed E-state index contributed by atoms with van der Waals surface area (Å²) in [5.41, 5.74) is 4.04. The van der Waals surface area contributed by atoms with E-state index in [1.165, 1.54) is 79.5 Å². The van der Waals surface area contributed by atoms with Crippen LogP contribution in [0.25, 0.3) is 10.9 Å². The van der Waals surface area contributed by atoms with Crippen molar-refractivity contribution in [2.24, 2.45) is 11.8 Å². The van der Waals surface area contributed by atoms with Gasteiger partial charge in [0, 0.05) is 36.9 Å². The van der Waals surface area contributed by atoms with Gasteiger partial charge in [-0.25, -0.2) is 4.98 Å². The van der Waals surface area contributed by atoms with Gasteiger partial charge in [-0.15, -0.1) is 19.0 Å². The van der Waals surface area contributed by atoms with Crippen LogP contribution in [0.2, 0.25) is 0 Å². The molecule has 1 aliphatic heterocycles. The molecule has 3 heterocycles. The Kier molecular flexibility index (Phi) is 6.52. The lowest BCUT2D eigenvalue weighted by molar-refractivity contribution is 0.220. The number of anilines is 1. The lowest BCUT2D eigenvalue weighted by Gasteiger charge is -2.39. The van der Waals surface area contributed by atoms with Gasteiger partial charge in [0.25, 0.3) is 0 Å². The summed E-state index contributed by atoms with van der Waals surface area (Å²) in [4.78, 5) is 7.47. The first-order valence-corrected chi connectivity index (χ1v) is 10.5. The Balaban J connectivity index is 0.00000210. The van der Waals surface area contributed by atoms with E-state index in [-0.39, 0.29) is 12.4 Å². The van der Waals surface area contributed by atoms with Crippen LogP contribution in [0.1, 0.15) is 56.2 Å². The molecule has 2 aromatic heterocycles. The summed E-state index contributed by atoms with van der Waals surface area (Å²) in [7, 11) is 0. The van der Waals surface area contributed by atoms with E-state index >= 15 is 0 Å². The topological polar surface area (TPSA) is 21.1 Å². The Morgan fingerprint density at radius 1 is 1.11 bits per heavy atom. The first-order chi connectivity index (χ1) is 12.7. The highest BCUT2D eigenvalue weighted by molar-refractivity contribution is 5.93. The van der Waals surface area contributed by atoms with Crippen molar-refractivity contribution in [3.8, 4) is 0 Å². The van der Waals surface area contributed by atoms with Crippen LogP contribution in [0, 0.1) is 25.7 Å². The number of allylic oxidation sites excluding steroid dienone is 1. The van der Waals surface area contributed by atoms with Gasteiger partial charge in [-0.2, -0.15) is 0 Å². The monoisotopic (exact) mass is 387 g/mol. The fourth-order valence-electron chi connectivity index (χ4n) is 5.36. The maximum absolute atomic E-state index is 4.88. The first-order valence-electron chi connectivity index (χ1n) is 10.5. The predicted octanol–water partition coefficient (Wildman–Crippen LogP) is 6.06. The van der Waals surface area contributed by atoms with Crippen LogP contribution in [-0.4, -0.2) is 22.6 Å². The molecule has 3 nitrogen and oxygen atoms in total. The van der Waals surface area contributed by atoms with Gasteiger partial charge in [-0.1, -0.05) is 38.2 Å². The van der Waals surface area contributed by atoms with Crippen molar-refractivity contribution in [3.05, 3.63) is 36.2 Å². The zero-order chi connectivity index (χ0) is 18.1. The summed E-state index contributed by atoms with van der Waals surface area (Å²) < 4.78 is 2.41. The number of aromatic nitrogens is 2.